The second kappa shape index (κ2) is 6.63. The van der Waals surface area contributed by atoms with Gasteiger partial charge < -0.3 is 19.7 Å². The molecule has 2 amide bonds. The fraction of sp³-hybridized carbons (Fsp3) is 0.526. The molecule has 0 spiro atoms. The van der Waals surface area contributed by atoms with Gasteiger partial charge in [-0.05, 0) is 18.9 Å². The quantitative estimate of drug-likeness (QED) is 0.916. The van der Waals surface area contributed by atoms with Crippen molar-refractivity contribution >= 4 is 28.5 Å². The molecule has 0 unspecified atom stereocenters. The summed E-state index contributed by atoms with van der Waals surface area (Å²) in [4.78, 5) is 38.3. The summed E-state index contributed by atoms with van der Waals surface area (Å²) in [6.45, 7) is 0.556. The number of nitrogens with zero attached hydrogens (tertiary/aromatic N) is 4. The molecule has 2 aromatic rings. The van der Waals surface area contributed by atoms with Gasteiger partial charge in [-0.3, -0.25) is 9.59 Å². The highest BCUT2D eigenvalue weighted by atomic mass is 16.2. The first-order valence-electron chi connectivity index (χ1n) is 9.28. The van der Waals surface area contributed by atoms with Crippen LogP contribution in [0.2, 0.25) is 0 Å². The molecule has 1 N–H and O–H groups in total. The SMILES string of the molecule is CN(C)C(=O)CN1CN(C2CCCCC2)c2c(cnc3[nH]ccc23)C1=O. The van der Waals surface area contributed by atoms with Crippen LogP contribution >= 0.6 is 0 Å². The number of hydrogen-bond donors (Lipinski definition) is 1. The van der Waals surface area contributed by atoms with Gasteiger partial charge in [-0.15, -0.1) is 0 Å². The highest BCUT2D eigenvalue weighted by Gasteiger charge is 2.36. The Hall–Kier alpha value is -2.57. The number of likely N-dealkylation sites (N-methyl/N-ethyl adjacent to an activating group) is 1. The number of fused-ring (bicyclic) bond motifs is 3. The van der Waals surface area contributed by atoms with Crippen molar-refractivity contribution in [1.82, 2.24) is 19.8 Å². The summed E-state index contributed by atoms with van der Waals surface area (Å²) in [7, 11) is 3.43. The Morgan fingerprint density at radius 3 is 2.81 bits per heavy atom. The van der Waals surface area contributed by atoms with Crippen molar-refractivity contribution in [3.05, 3.63) is 24.0 Å². The maximum absolute atomic E-state index is 13.0. The second-order valence-electron chi connectivity index (χ2n) is 7.45. The van der Waals surface area contributed by atoms with E-state index in [0.29, 0.717) is 18.3 Å². The first-order valence-corrected chi connectivity index (χ1v) is 9.28. The lowest BCUT2D eigenvalue weighted by atomic mass is 9.92. The Morgan fingerprint density at radius 1 is 1.31 bits per heavy atom. The zero-order valence-corrected chi connectivity index (χ0v) is 15.4. The third-order valence-corrected chi connectivity index (χ3v) is 5.53. The van der Waals surface area contributed by atoms with Crippen molar-refractivity contribution in [2.45, 2.75) is 38.1 Å². The molecule has 1 aliphatic carbocycles. The van der Waals surface area contributed by atoms with Crippen molar-refractivity contribution in [2.24, 2.45) is 0 Å². The molecule has 0 atom stereocenters. The maximum atomic E-state index is 13.0. The van der Waals surface area contributed by atoms with Crippen molar-refractivity contribution in [1.29, 1.82) is 0 Å². The highest BCUT2D eigenvalue weighted by Crippen LogP contribution is 2.37. The fourth-order valence-corrected chi connectivity index (χ4v) is 4.07. The van der Waals surface area contributed by atoms with E-state index in [1.54, 1.807) is 25.2 Å². The van der Waals surface area contributed by atoms with Crippen LogP contribution in [0.4, 0.5) is 5.69 Å². The lowest BCUT2D eigenvalue weighted by Gasteiger charge is -2.43. The summed E-state index contributed by atoms with van der Waals surface area (Å²) in [5, 5.41) is 0.986. The molecule has 0 aromatic carbocycles. The predicted molar refractivity (Wildman–Crippen MR) is 100 cm³/mol. The number of amides is 2. The Labute approximate surface area is 153 Å². The molecule has 7 heteroatoms. The van der Waals surface area contributed by atoms with E-state index in [4.69, 9.17) is 0 Å². The van der Waals surface area contributed by atoms with E-state index in [1.807, 2.05) is 12.3 Å². The number of carbonyl (C=O) groups excluding carboxylic acids is 2. The standard InChI is InChI=1S/C19H25N5O2/c1-22(2)16(25)11-23-12-24(13-6-4-3-5-7-13)17-14-8-9-20-18(14)21-10-15(17)19(23)26/h8-10,13H,3-7,11-12H2,1-2H3,(H,20,21). The minimum absolute atomic E-state index is 0.0684. The molecule has 1 aliphatic heterocycles. The highest BCUT2D eigenvalue weighted by molar-refractivity contribution is 6.09. The number of anilines is 1. The lowest BCUT2D eigenvalue weighted by Crippen LogP contribution is -2.53. The Bertz CT molecular complexity index is 838. The van der Waals surface area contributed by atoms with Gasteiger partial charge >= 0.3 is 0 Å². The molecule has 0 radical (unpaired) electrons. The minimum Gasteiger partial charge on any atom is -0.349 e. The first-order chi connectivity index (χ1) is 12.6. The van der Waals surface area contributed by atoms with Gasteiger partial charge in [0.25, 0.3) is 5.91 Å². The summed E-state index contributed by atoms with van der Waals surface area (Å²) in [5.74, 6) is -0.182. The van der Waals surface area contributed by atoms with E-state index in [9.17, 15) is 9.59 Å². The normalized spacial score (nSPS) is 18.3. The Kier molecular flexibility index (Phi) is 4.30. The average molecular weight is 355 g/mol. The lowest BCUT2D eigenvalue weighted by molar-refractivity contribution is -0.129. The zero-order valence-electron chi connectivity index (χ0n) is 15.4. The number of H-pyrrole nitrogens is 1. The van der Waals surface area contributed by atoms with Crippen LogP contribution in [0, 0.1) is 0 Å². The summed E-state index contributed by atoms with van der Waals surface area (Å²) >= 11 is 0. The molecule has 0 saturated heterocycles. The van der Waals surface area contributed by atoms with E-state index in [2.05, 4.69) is 14.9 Å². The third-order valence-electron chi connectivity index (χ3n) is 5.53. The van der Waals surface area contributed by atoms with Gasteiger partial charge in [-0.1, -0.05) is 19.3 Å². The number of aromatic nitrogens is 2. The van der Waals surface area contributed by atoms with Crippen molar-refractivity contribution in [3.63, 3.8) is 0 Å². The van der Waals surface area contributed by atoms with Gasteiger partial charge in [-0.2, -0.15) is 0 Å². The van der Waals surface area contributed by atoms with Crippen LogP contribution in [-0.2, 0) is 4.79 Å². The van der Waals surface area contributed by atoms with Crippen LogP contribution in [0.15, 0.2) is 18.5 Å². The molecule has 4 rings (SSSR count). The van der Waals surface area contributed by atoms with E-state index in [1.165, 1.54) is 24.2 Å². The number of pyridine rings is 1. The van der Waals surface area contributed by atoms with Crippen molar-refractivity contribution in [3.8, 4) is 0 Å². The van der Waals surface area contributed by atoms with Crippen LogP contribution in [0.5, 0.6) is 0 Å². The molecule has 0 bridgehead atoms. The molecule has 2 aliphatic rings. The van der Waals surface area contributed by atoms with Gasteiger partial charge in [0.2, 0.25) is 5.91 Å². The molecule has 3 heterocycles. The molecule has 1 fully saturated rings. The summed E-state index contributed by atoms with van der Waals surface area (Å²) in [5.41, 5.74) is 2.37. The van der Waals surface area contributed by atoms with Crippen molar-refractivity contribution in [2.75, 3.05) is 32.2 Å². The van der Waals surface area contributed by atoms with E-state index in [0.717, 1.165) is 29.6 Å². The number of aromatic amines is 1. The number of carbonyl (C=O) groups is 2. The second-order valence-corrected chi connectivity index (χ2v) is 7.45. The smallest absolute Gasteiger partial charge is 0.259 e. The van der Waals surface area contributed by atoms with Gasteiger partial charge in [0.15, 0.2) is 0 Å². The van der Waals surface area contributed by atoms with Crippen molar-refractivity contribution < 1.29 is 9.59 Å². The van der Waals surface area contributed by atoms with Gasteiger partial charge in [0.05, 0.1) is 17.9 Å². The molecule has 138 valence electrons. The molecule has 7 nitrogen and oxygen atoms in total. The van der Waals surface area contributed by atoms with Crippen LogP contribution < -0.4 is 4.90 Å². The Balaban J connectivity index is 1.76. The van der Waals surface area contributed by atoms with Crippen LogP contribution in [-0.4, -0.2) is 64.9 Å². The van der Waals surface area contributed by atoms with E-state index in [-0.39, 0.29) is 18.4 Å². The van der Waals surface area contributed by atoms with Crippen LogP contribution in [0.25, 0.3) is 11.0 Å². The summed E-state index contributed by atoms with van der Waals surface area (Å²) in [6, 6.07) is 2.39. The van der Waals surface area contributed by atoms with Crippen LogP contribution in [0.1, 0.15) is 42.5 Å². The summed E-state index contributed by atoms with van der Waals surface area (Å²) < 4.78 is 0. The fourth-order valence-electron chi connectivity index (χ4n) is 4.07. The average Bonchev–Trinajstić information content (AvgIpc) is 3.13. The van der Waals surface area contributed by atoms with Gasteiger partial charge in [0, 0.05) is 37.9 Å². The van der Waals surface area contributed by atoms with Gasteiger partial charge in [0.1, 0.15) is 12.2 Å². The monoisotopic (exact) mass is 355 g/mol. The topological polar surface area (TPSA) is 72.5 Å². The van der Waals surface area contributed by atoms with Crippen LogP contribution in [0.3, 0.4) is 0 Å². The largest absolute Gasteiger partial charge is 0.349 e. The molecular weight excluding hydrogens is 330 g/mol. The molecular formula is C19H25N5O2. The first kappa shape index (κ1) is 16.9. The summed E-state index contributed by atoms with van der Waals surface area (Å²) in [6.07, 6.45) is 9.45. The number of rotatable bonds is 3. The number of nitrogens with one attached hydrogen (secondary N) is 1. The Morgan fingerprint density at radius 2 is 2.08 bits per heavy atom. The predicted octanol–water partition coefficient (Wildman–Crippen LogP) is 2.20. The molecule has 1 saturated carbocycles. The number of hydrogen-bond acceptors (Lipinski definition) is 4. The third kappa shape index (κ3) is 2.81. The van der Waals surface area contributed by atoms with E-state index >= 15 is 0 Å². The maximum Gasteiger partial charge on any atom is 0.259 e. The van der Waals surface area contributed by atoms with Gasteiger partial charge in [-0.25, -0.2) is 4.98 Å². The minimum atomic E-state index is -0.113. The zero-order chi connectivity index (χ0) is 18.3. The molecule has 2 aromatic heterocycles. The molecule has 26 heavy (non-hydrogen) atoms. The van der Waals surface area contributed by atoms with E-state index < -0.39 is 0 Å².